The van der Waals surface area contributed by atoms with E-state index in [1.54, 1.807) is 0 Å². The van der Waals surface area contributed by atoms with Crippen LogP contribution in [0, 0.1) is 0 Å². The molecule has 4 rings (SSSR count). The van der Waals surface area contributed by atoms with Gasteiger partial charge in [-0.25, -0.2) is 4.98 Å². The second kappa shape index (κ2) is 5.57. The lowest BCUT2D eigenvalue weighted by molar-refractivity contribution is 0.0716. The molecule has 112 valence electrons. The predicted molar refractivity (Wildman–Crippen MR) is 88.3 cm³/mol. The standard InChI is InChI=1S/C17H17N3OS/c21-17(15-6-3-11-22-15)20-9-7-12(8-10-20)16-18-13-4-1-2-5-14(13)19-16/h1-6,11-12H,7-10H2,(H,18,19). The van der Waals surface area contributed by atoms with Crippen LogP contribution >= 0.6 is 11.3 Å². The van der Waals surface area contributed by atoms with Crippen LogP contribution in [-0.4, -0.2) is 33.9 Å². The lowest BCUT2D eigenvalue weighted by Gasteiger charge is -2.30. The van der Waals surface area contributed by atoms with Gasteiger partial charge < -0.3 is 9.88 Å². The molecule has 1 aliphatic rings. The fraction of sp³-hybridized carbons (Fsp3) is 0.294. The quantitative estimate of drug-likeness (QED) is 0.785. The Balaban J connectivity index is 1.46. The molecule has 3 heterocycles. The predicted octanol–water partition coefficient (Wildman–Crippen LogP) is 3.64. The van der Waals surface area contributed by atoms with Crippen LogP contribution in [0.25, 0.3) is 11.0 Å². The Labute approximate surface area is 132 Å². The van der Waals surface area contributed by atoms with Gasteiger partial charge in [0, 0.05) is 19.0 Å². The van der Waals surface area contributed by atoms with Gasteiger partial charge >= 0.3 is 0 Å². The summed E-state index contributed by atoms with van der Waals surface area (Å²) < 4.78 is 0. The molecule has 0 saturated carbocycles. The lowest BCUT2D eigenvalue weighted by Crippen LogP contribution is -2.37. The van der Waals surface area contributed by atoms with Gasteiger partial charge in [0.05, 0.1) is 15.9 Å². The number of aromatic amines is 1. The second-order valence-corrected chi connectivity index (χ2v) is 6.63. The number of rotatable bonds is 2. The van der Waals surface area contributed by atoms with Crippen molar-refractivity contribution in [2.75, 3.05) is 13.1 Å². The van der Waals surface area contributed by atoms with Crippen molar-refractivity contribution < 1.29 is 4.79 Å². The van der Waals surface area contributed by atoms with Crippen molar-refractivity contribution in [2.24, 2.45) is 0 Å². The third kappa shape index (κ3) is 2.41. The van der Waals surface area contributed by atoms with Crippen molar-refractivity contribution >= 4 is 28.3 Å². The van der Waals surface area contributed by atoms with Crippen LogP contribution in [0.3, 0.4) is 0 Å². The van der Waals surface area contributed by atoms with Crippen LogP contribution in [0.2, 0.25) is 0 Å². The third-order valence-electron chi connectivity index (χ3n) is 4.31. The van der Waals surface area contributed by atoms with Gasteiger partial charge in [-0.2, -0.15) is 0 Å². The third-order valence-corrected chi connectivity index (χ3v) is 5.17. The summed E-state index contributed by atoms with van der Waals surface area (Å²) in [5.41, 5.74) is 2.11. The molecule has 1 saturated heterocycles. The molecular weight excluding hydrogens is 294 g/mol. The summed E-state index contributed by atoms with van der Waals surface area (Å²) in [6.45, 7) is 1.61. The zero-order chi connectivity index (χ0) is 14.9. The zero-order valence-corrected chi connectivity index (χ0v) is 13.0. The fourth-order valence-electron chi connectivity index (χ4n) is 3.08. The smallest absolute Gasteiger partial charge is 0.263 e. The number of nitrogens with zero attached hydrogens (tertiary/aromatic N) is 2. The van der Waals surface area contributed by atoms with Crippen LogP contribution in [-0.2, 0) is 0 Å². The summed E-state index contributed by atoms with van der Waals surface area (Å²) in [6.07, 6.45) is 1.94. The number of benzene rings is 1. The number of H-pyrrole nitrogens is 1. The second-order valence-electron chi connectivity index (χ2n) is 5.68. The van der Waals surface area contributed by atoms with E-state index >= 15 is 0 Å². The van der Waals surface area contributed by atoms with E-state index in [4.69, 9.17) is 4.98 Å². The van der Waals surface area contributed by atoms with Crippen molar-refractivity contribution in [3.63, 3.8) is 0 Å². The number of imidazole rings is 1. The van der Waals surface area contributed by atoms with Gasteiger partial charge in [0.1, 0.15) is 5.82 Å². The van der Waals surface area contributed by atoms with Gasteiger partial charge in [0.25, 0.3) is 5.91 Å². The topological polar surface area (TPSA) is 49.0 Å². The van der Waals surface area contributed by atoms with Gasteiger partial charge in [-0.3, -0.25) is 4.79 Å². The molecule has 0 aliphatic carbocycles. The molecular formula is C17H17N3OS. The first-order valence-electron chi connectivity index (χ1n) is 7.59. The van der Waals surface area contributed by atoms with Gasteiger partial charge in [0.15, 0.2) is 0 Å². The number of hydrogen-bond acceptors (Lipinski definition) is 3. The average Bonchev–Trinajstić information content (AvgIpc) is 3.23. The molecule has 22 heavy (non-hydrogen) atoms. The van der Waals surface area contributed by atoms with Crippen LogP contribution < -0.4 is 0 Å². The Kier molecular flexibility index (Phi) is 3.42. The molecule has 0 bridgehead atoms. The van der Waals surface area contributed by atoms with Crippen molar-refractivity contribution in [1.29, 1.82) is 0 Å². The number of piperidine rings is 1. The molecule has 0 radical (unpaired) electrons. The Hall–Kier alpha value is -2.14. The molecule has 1 N–H and O–H groups in total. The van der Waals surface area contributed by atoms with E-state index in [0.717, 1.165) is 47.7 Å². The first-order chi connectivity index (χ1) is 10.8. The summed E-state index contributed by atoms with van der Waals surface area (Å²) in [5.74, 6) is 1.64. The summed E-state index contributed by atoms with van der Waals surface area (Å²) >= 11 is 1.52. The van der Waals surface area contributed by atoms with Crippen LogP contribution in [0.5, 0.6) is 0 Å². The molecule has 1 amide bonds. The number of thiophene rings is 1. The van der Waals surface area contributed by atoms with Gasteiger partial charge in [-0.05, 0) is 36.4 Å². The number of para-hydroxylation sites is 2. The van der Waals surface area contributed by atoms with E-state index < -0.39 is 0 Å². The highest BCUT2D eigenvalue weighted by Crippen LogP contribution is 2.28. The van der Waals surface area contributed by atoms with Crippen molar-refractivity contribution in [3.8, 4) is 0 Å². The van der Waals surface area contributed by atoms with E-state index in [-0.39, 0.29) is 5.91 Å². The summed E-state index contributed by atoms with van der Waals surface area (Å²) in [4.78, 5) is 23.3. The molecule has 3 aromatic rings. The summed E-state index contributed by atoms with van der Waals surface area (Å²) in [6, 6.07) is 11.9. The van der Waals surface area contributed by atoms with Crippen molar-refractivity contribution in [2.45, 2.75) is 18.8 Å². The molecule has 1 aliphatic heterocycles. The number of fused-ring (bicyclic) bond motifs is 1. The fourth-order valence-corrected chi connectivity index (χ4v) is 3.77. The highest BCUT2D eigenvalue weighted by Gasteiger charge is 2.26. The number of likely N-dealkylation sites (tertiary alicyclic amines) is 1. The first-order valence-corrected chi connectivity index (χ1v) is 8.46. The normalized spacial score (nSPS) is 16.3. The Bertz CT molecular complexity index is 752. The zero-order valence-electron chi connectivity index (χ0n) is 12.2. The Morgan fingerprint density at radius 3 is 2.73 bits per heavy atom. The van der Waals surface area contributed by atoms with Gasteiger partial charge in [-0.15, -0.1) is 11.3 Å². The minimum atomic E-state index is 0.165. The van der Waals surface area contributed by atoms with Gasteiger partial charge in [0.2, 0.25) is 0 Å². The molecule has 0 unspecified atom stereocenters. The minimum absolute atomic E-state index is 0.165. The number of aromatic nitrogens is 2. The molecule has 0 spiro atoms. The maximum absolute atomic E-state index is 12.4. The Morgan fingerprint density at radius 1 is 1.18 bits per heavy atom. The number of carbonyl (C=O) groups excluding carboxylic acids is 1. The lowest BCUT2D eigenvalue weighted by atomic mass is 9.96. The monoisotopic (exact) mass is 311 g/mol. The van der Waals surface area contributed by atoms with Crippen LogP contribution in [0.4, 0.5) is 0 Å². The SMILES string of the molecule is O=C(c1cccs1)N1CCC(c2nc3ccccc3[nH]2)CC1. The number of nitrogens with one attached hydrogen (secondary N) is 1. The largest absolute Gasteiger partial charge is 0.342 e. The summed E-state index contributed by atoms with van der Waals surface area (Å²) in [5, 5.41) is 1.95. The van der Waals surface area contributed by atoms with E-state index in [1.165, 1.54) is 11.3 Å². The van der Waals surface area contributed by atoms with Crippen molar-refractivity contribution in [1.82, 2.24) is 14.9 Å². The van der Waals surface area contributed by atoms with Crippen molar-refractivity contribution in [3.05, 3.63) is 52.5 Å². The Morgan fingerprint density at radius 2 is 2.00 bits per heavy atom. The van der Waals surface area contributed by atoms with Crippen LogP contribution in [0.15, 0.2) is 41.8 Å². The van der Waals surface area contributed by atoms with Gasteiger partial charge in [-0.1, -0.05) is 18.2 Å². The molecule has 1 aromatic carbocycles. The van der Waals surface area contributed by atoms with E-state index in [9.17, 15) is 4.79 Å². The van der Waals surface area contributed by atoms with E-state index in [1.807, 2.05) is 40.6 Å². The van der Waals surface area contributed by atoms with Crippen LogP contribution in [0.1, 0.15) is 34.3 Å². The maximum Gasteiger partial charge on any atom is 0.263 e. The average molecular weight is 311 g/mol. The maximum atomic E-state index is 12.4. The minimum Gasteiger partial charge on any atom is -0.342 e. The molecule has 5 heteroatoms. The first kappa shape index (κ1) is 13.5. The number of hydrogen-bond donors (Lipinski definition) is 1. The highest BCUT2D eigenvalue weighted by molar-refractivity contribution is 7.12. The molecule has 1 fully saturated rings. The highest BCUT2D eigenvalue weighted by atomic mass is 32.1. The van der Waals surface area contributed by atoms with E-state index in [0.29, 0.717) is 5.92 Å². The molecule has 2 aromatic heterocycles. The molecule has 4 nitrogen and oxygen atoms in total. The molecule has 0 atom stereocenters. The number of amides is 1. The summed E-state index contributed by atoms with van der Waals surface area (Å²) in [7, 11) is 0. The van der Waals surface area contributed by atoms with E-state index in [2.05, 4.69) is 11.1 Å². The number of carbonyl (C=O) groups is 1.